The summed E-state index contributed by atoms with van der Waals surface area (Å²) < 4.78 is 0. The van der Waals surface area contributed by atoms with Gasteiger partial charge in [-0.2, -0.15) is 0 Å². The van der Waals surface area contributed by atoms with E-state index >= 15 is 0 Å². The molecule has 1 unspecified atom stereocenters. The first-order valence-electron chi connectivity index (χ1n) is 6.35. The SMILES string of the molecule is CCc1ccsc1C(=O)N1CCCCC1CN. The Morgan fingerprint density at radius 2 is 2.41 bits per heavy atom. The van der Waals surface area contributed by atoms with Crippen molar-refractivity contribution in [1.29, 1.82) is 0 Å². The molecule has 2 N–H and O–H groups in total. The summed E-state index contributed by atoms with van der Waals surface area (Å²) in [6.07, 6.45) is 4.27. The van der Waals surface area contributed by atoms with Crippen LogP contribution >= 0.6 is 11.3 Å². The maximum atomic E-state index is 12.5. The Hall–Kier alpha value is -0.870. The first kappa shape index (κ1) is 12.6. The molecule has 0 radical (unpaired) electrons. The number of hydrogen-bond donors (Lipinski definition) is 1. The standard InChI is InChI=1S/C13H20N2OS/c1-2-10-6-8-17-12(10)13(16)15-7-4-3-5-11(15)9-14/h6,8,11H,2-5,7,9,14H2,1H3. The van der Waals surface area contributed by atoms with E-state index in [4.69, 9.17) is 5.73 Å². The Labute approximate surface area is 107 Å². The Bertz CT molecular complexity index is 389. The van der Waals surface area contributed by atoms with E-state index in [9.17, 15) is 4.79 Å². The molecule has 0 aromatic carbocycles. The number of aryl methyl sites for hydroxylation is 1. The summed E-state index contributed by atoms with van der Waals surface area (Å²) in [6.45, 7) is 3.54. The third-order valence-electron chi connectivity index (χ3n) is 3.48. The molecule has 0 aliphatic carbocycles. The third kappa shape index (κ3) is 2.53. The highest BCUT2D eigenvalue weighted by atomic mass is 32.1. The zero-order valence-corrected chi connectivity index (χ0v) is 11.1. The molecule has 1 aliphatic rings. The van der Waals surface area contributed by atoms with Gasteiger partial charge in [0.2, 0.25) is 0 Å². The van der Waals surface area contributed by atoms with Crippen LogP contribution < -0.4 is 5.73 Å². The zero-order chi connectivity index (χ0) is 12.3. The maximum Gasteiger partial charge on any atom is 0.264 e. The quantitative estimate of drug-likeness (QED) is 0.897. The Morgan fingerprint density at radius 1 is 1.59 bits per heavy atom. The minimum absolute atomic E-state index is 0.187. The van der Waals surface area contributed by atoms with Crippen molar-refractivity contribution in [1.82, 2.24) is 4.90 Å². The number of carbonyl (C=O) groups is 1. The molecular weight excluding hydrogens is 232 g/mol. The number of nitrogens with zero attached hydrogens (tertiary/aromatic N) is 1. The van der Waals surface area contributed by atoms with Crippen molar-refractivity contribution in [3.8, 4) is 0 Å². The minimum Gasteiger partial charge on any atom is -0.334 e. The van der Waals surface area contributed by atoms with Gasteiger partial charge in [0.25, 0.3) is 5.91 Å². The summed E-state index contributed by atoms with van der Waals surface area (Å²) in [4.78, 5) is 15.4. The summed E-state index contributed by atoms with van der Waals surface area (Å²) >= 11 is 1.56. The van der Waals surface area contributed by atoms with Crippen LogP contribution in [0.15, 0.2) is 11.4 Å². The molecule has 0 saturated carbocycles. The van der Waals surface area contributed by atoms with Crippen molar-refractivity contribution in [2.45, 2.75) is 38.6 Å². The second-order valence-electron chi connectivity index (χ2n) is 4.51. The van der Waals surface area contributed by atoms with Crippen molar-refractivity contribution in [2.24, 2.45) is 5.73 Å². The molecule has 2 heterocycles. The summed E-state index contributed by atoms with van der Waals surface area (Å²) in [5, 5.41) is 2.01. The van der Waals surface area contributed by atoms with E-state index in [2.05, 4.69) is 13.0 Å². The molecule has 1 aromatic heterocycles. The highest BCUT2D eigenvalue weighted by molar-refractivity contribution is 7.12. The molecule has 1 atom stereocenters. The highest BCUT2D eigenvalue weighted by Gasteiger charge is 2.27. The molecule has 4 heteroatoms. The Morgan fingerprint density at radius 3 is 3.12 bits per heavy atom. The van der Waals surface area contributed by atoms with Gasteiger partial charge in [-0.25, -0.2) is 0 Å². The van der Waals surface area contributed by atoms with E-state index < -0.39 is 0 Å². The monoisotopic (exact) mass is 252 g/mol. The number of nitrogens with two attached hydrogens (primary N) is 1. The number of carbonyl (C=O) groups excluding carboxylic acids is 1. The lowest BCUT2D eigenvalue weighted by Gasteiger charge is -2.35. The first-order valence-corrected chi connectivity index (χ1v) is 7.23. The van der Waals surface area contributed by atoms with Gasteiger partial charge >= 0.3 is 0 Å². The van der Waals surface area contributed by atoms with E-state index in [1.807, 2.05) is 10.3 Å². The second kappa shape index (κ2) is 5.65. The molecule has 94 valence electrons. The topological polar surface area (TPSA) is 46.3 Å². The number of hydrogen-bond acceptors (Lipinski definition) is 3. The van der Waals surface area contributed by atoms with Gasteiger partial charge in [0.05, 0.1) is 4.88 Å². The molecule has 1 saturated heterocycles. The minimum atomic E-state index is 0.187. The van der Waals surface area contributed by atoms with Gasteiger partial charge in [-0.1, -0.05) is 6.92 Å². The first-order chi connectivity index (χ1) is 8.27. The van der Waals surface area contributed by atoms with Crippen LogP contribution in [0.25, 0.3) is 0 Å². The number of likely N-dealkylation sites (tertiary alicyclic amines) is 1. The molecular formula is C13H20N2OS. The van der Waals surface area contributed by atoms with Crippen LogP contribution in [0, 0.1) is 0 Å². The molecule has 1 aliphatic heterocycles. The fraction of sp³-hybridized carbons (Fsp3) is 0.615. The van der Waals surface area contributed by atoms with Crippen LogP contribution in [0.2, 0.25) is 0 Å². The highest BCUT2D eigenvalue weighted by Crippen LogP contribution is 2.24. The predicted molar refractivity (Wildman–Crippen MR) is 71.4 cm³/mol. The van der Waals surface area contributed by atoms with Gasteiger partial charge in [-0.15, -0.1) is 11.3 Å². The van der Waals surface area contributed by atoms with E-state index in [1.54, 1.807) is 11.3 Å². The van der Waals surface area contributed by atoms with Crippen molar-refractivity contribution in [3.05, 3.63) is 21.9 Å². The van der Waals surface area contributed by atoms with Crippen molar-refractivity contribution < 1.29 is 4.79 Å². The lowest BCUT2D eigenvalue weighted by molar-refractivity contribution is 0.0627. The maximum absolute atomic E-state index is 12.5. The van der Waals surface area contributed by atoms with Gasteiger partial charge in [0, 0.05) is 19.1 Å². The van der Waals surface area contributed by atoms with E-state index in [1.165, 1.54) is 12.0 Å². The Balaban J connectivity index is 2.18. The van der Waals surface area contributed by atoms with Gasteiger partial charge < -0.3 is 10.6 Å². The Kier molecular flexibility index (Phi) is 4.18. The predicted octanol–water partition coefficient (Wildman–Crippen LogP) is 2.26. The largest absolute Gasteiger partial charge is 0.334 e. The molecule has 3 nitrogen and oxygen atoms in total. The average molecular weight is 252 g/mol. The van der Waals surface area contributed by atoms with E-state index in [0.717, 1.165) is 30.7 Å². The number of piperidine rings is 1. The zero-order valence-electron chi connectivity index (χ0n) is 10.3. The van der Waals surface area contributed by atoms with Crippen LogP contribution in [0.5, 0.6) is 0 Å². The van der Waals surface area contributed by atoms with Gasteiger partial charge in [-0.3, -0.25) is 4.79 Å². The van der Waals surface area contributed by atoms with Crippen LogP contribution in [0.4, 0.5) is 0 Å². The molecule has 17 heavy (non-hydrogen) atoms. The lowest BCUT2D eigenvalue weighted by atomic mass is 10.0. The van der Waals surface area contributed by atoms with Crippen molar-refractivity contribution >= 4 is 17.2 Å². The van der Waals surface area contributed by atoms with Gasteiger partial charge in [-0.05, 0) is 42.7 Å². The molecule has 0 spiro atoms. The summed E-state index contributed by atoms with van der Waals surface area (Å²) in [6, 6.07) is 2.29. The van der Waals surface area contributed by atoms with E-state index in [0.29, 0.717) is 6.54 Å². The third-order valence-corrected chi connectivity index (χ3v) is 4.43. The fourth-order valence-electron chi connectivity index (χ4n) is 2.45. The fourth-order valence-corrected chi connectivity index (χ4v) is 3.40. The van der Waals surface area contributed by atoms with Gasteiger partial charge in [0.1, 0.15) is 0 Å². The molecule has 0 bridgehead atoms. The van der Waals surface area contributed by atoms with Crippen molar-refractivity contribution in [2.75, 3.05) is 13.1 Å². The average Bonchev–Trinajstić information content (AvgIpc) is 2.86. The van der Waals surface area contributed by atoms with Crippen LogP contribution in [0.3, 0.4) is 0 Å². The number of rotatable bonds is 3. The van der Waals surface area contributed by atoms with Crippen molar-refractivity contribution in [3.63, 3.8) is 0 Å². The lowest BCUT2D eigenvalue weighted by Crippen LogP contribution is -2.47. The van der Waals surface area contributed by atoms with Crippen LogP contribution in [-0.2, 0) is 6.42 Å². The summed E-state index contributed by atoms with van der Waals surface area (Å²) in [7, 11) is 0. The second-order valence-corrected chi connectivity index (χ2v) is 5.43. The smallest absolute Gasteiger partial charge is 0.264 e. The summed E-state index contributed by atoms with van der Waals surface area (Å²) in [5.41, 5.74) is 6.93. The van der Waals surface area contributed by atoms with Gasteiger partial charge in [0.15, 0.2) is 0 Å². The number of thiophene rings is 1. The molecule has 1 amide bonds. The normalized spacial score (nSPS) is 20.6. The number of amides is 1. The molecule has 1 fully saturated rings. The van der Waals surface area contributed by atoms with Crippen LogP contribution in [0.1, 0.15) is 41.4 Å². The molecule has 2 rings (SSSR count). The van der Waals surface area contributed by atoms with Crippen LogP contribution in [-0.4, -0.2) is 29.9 Å². The summed E-state index contributed by atoms with van der Waals surface area (Å²) in [5.74, 6) is 0.187. The molecule has 1 aromatic rings. The van der Waals surface area contributed by atoms with E-state index in [-0.39, 0.29) is 11.9 Å².